The molecule has 5 nitrogen and oxygen atoms in total. The number of hydrogen-bond acceptors (Lipinski definition) is 5. The Morgan fingerprint density at radius 3 is 2.43 bits per heavy atom. The zero-order valence-corrected chi connectivity index (χ0v) is 21.9. The summed E-state index contributed by atoms with van der Waals surface area (Å²) in [4.78, 5) is 14.1. The van der Waals surface area contributed by atoms with E-state index in [0.717, 1.165) is 35.7 Å². The molecule has 0 saturated carbocycles. The van der Waals surface area contributed by atoms with Crippen molar-refractivity contribution in [3.63, 3.8) is 0 Å². The lowest BCUT2D eigenvalue weighted by molar-refractivity contribution is 0.280. The van der Waals surface area contributed by atoms with E-state index in [-0.39, 0.29) is 5.82 Å². The molecular weight excluding hydrogens is 439 g/mol. The van der Waals surface area contributed by atoms with Crippen molar-refractivity contribution >= 4 is 11.4 Å². The summed E-state index contributed by atoms with van der Waals surface area (Å²) >= 11 is 0. The van der Waals surface area contributed by atoms with E-state index in [4.69, 9.17) is 9.72 Å². The number of hydrogen-bond donors (Lipinski definition) is 0. The van der Waals surface area contributed by atoms with E-state index in [1.54, 1.807) is 19.1 Å². The van der Waals surface area contributed by atoms with Crippen LogP contribution in [0.5, 0.6) is 5.75 Å². The zero-order valence-electron chi connectivity index (χ0n) is 21.9. The molecule has 0 bridgehead atoms. The average molecular weight is 477 g/mol. The Kier molecular flexibility index (Phi) is 7.29. The van der Waals surface area contributed by atoms with E-state index in [9.17, 15) is 4.39 Å². The number of aromatic nitrogens is 2. The van der Waals surface area contributed by atoms with Gasteiger partial charge in [0, 0.05) is 43.7 Å². The molecule has 4 rings (SSSR count). The van der Waals surface area contributed by atoms with E-state index >= 15 is 0 Å². The lowest BCUT2D eigenvalue weighted by Gasteiger charge is -2.39. The number of aryl methyl sites for hydroxylation is 2. The molecule has 0 radical (unpaired) electrons. The smallest absolute Gasteiger partial charge is 0.129 e. The minimum atomic E-state index is -0.246. The van der Waals surface area contributed by atoms with Crippen LogP contribution in [0.2, 0.25) is 0 Å². The van der Waals surface area contributed by atoms with E-state index in [1.165, 1.54) is 30.2 Å². The summed E-state index contributed by atoms with van der Waals surface area (Å²) in [7, 11) is 2.01. The Labute approximate surface area is 209 Å². The third-order valence-electron chi connectivity index (χ3n) is 7.28. The van der Waals surface area contributed by atoms with Gasteiger partial charge in [0.2, 0.25) is 0 Å². The molecule has 1 aromatic carbocycles. The van der Waals surface area contributed by atoms with E-state index < -0.39 is 0 Å². The first kappa shape index (κ1) is 25.0. The highest BCUT2D eigenvalue weighted by atomic mass is 19.1. The number of likely N-dealkylation sites (N-methyl/N-ethyl adjacent to an activating group) is 1. The lowest BCUT2D eigenvalue weighted by Crippen LogP contribution is -2.38. The normalized spacial score (nSPS) is 15.2. The number of nitrogens with zero attached hydrogens (tertiary/aromatic N) is 4. The largest absolute Gasteiger partial charge is 0.492 e. The van der Waals surface area contributed by atoms with Gasteiger partial charge in [-0.15, -0.1) is 0 Å². The molecule has 186 valence electrons. The van der Waals surface area contributed by atoms with Crippen LogP contribution in [0.25, 0.3) is 11.3 Å². The summed E-state index contributed by atoms with van der Waals surface area (Å²) in [5, 5.41) is 0. The van der Waals surface area contributed by atoms with Crippen molar-refractivity contribution in [2.45, 2.75) is 47.5 Å². The molecule has 1 aliphatic rings. The van der Waals surface area contributed by atoms with Gasteiger partial charge in [0.1, 0.15) is 18.2 Å². The first-order valence-electron chi connectivity index (χ1n) is 12.4. The predicted molar refractivity (Wildman–Crippen MR) is 142 cm³/mol. The van der Waals surface area contributed by atoms with E-state index in [2.05, 4.69) is 54.6 Å². The predicted octanol–water partition coefficient (Wildman–Crippen LogP) is 6.35. The number of halogens is 1. The van der Waals surface area contributed by atoms with Crippen molar-refractivity contribution in [2.24, 2.45) is 5.41 Å². The molecule has 3 heterocycles. The van der Waals surface area contributed by atoms with Gasteiger partial charge in [0.15, 0.2) is 0 Å². The van der Waals surface area contributed by atoms with Crippen LogP contribution in [0.15, 0.2) is 42.7 Å². The van der Waals surface area contributed by atoms with Crippen molar-refractivity contribution in [1.29, 1.82) is 0 Å². The van der Waals surface area contributed by atoms with Crippen LogP contribution in [-0.4, -0.2) is 43.3 Å². The summed E-state index contributed by atoms with van der Waals surface area (Å²) in [5.74, 6) is 0.301. The first-order valence-corrected chi connectivity index (χ1v) is 12.4. The molecule has 0 aliphatic carbocycles. The van der Waals surface area contributed by atoms with Crippen LogP contribution in [-0.2, 0) is 0 Å². The zero-order chi connectivity index (χ0) is 25.2. The van der Waals surface area contributed by atoms with Crippen molar-refractivity contribution in [3.8, 4) is 17.0 Å². The highest BCUT2D eigenvalue weighted by Gasteiger charge is 2.28. The molecule has 35 heavy (non-hydrogen) atoms. The van der Waals surface area contributed by atoms with Gasteiger partial charge >= 0.3 is 0 Å². The highest BCUT2D eigenvalue weighted by molar-refractivity contribution is 5.79. The molecule has 0 atom stereocenters. The maximum atomic E-state index is 13.7. The van der Waals surface area contributed by atoms with E-state index in [0.29, 0.717) is 29.9 Å². The van der Waals surface area contributed by atoms with Crippen molar-refractivity contribution in [2.75, 3.05) is 43.1 Å². The molecule has 0 N–H and O–H groups in total. The van der Waals surface area contributed by atoms with Gasteiger partial charge in [0.25, 0.3) is 0 Å². The van der Waals surface area contributed by atoms with Crippen LogP contribution in [0, 0.1) is 32.0 Å². The first-order chi connectivity index (χ1) is 16.6. The van der Waals surface area contributed by atoms with Crippen LogP contribution in [0.1, 0.15) is 43.5 Å². The SMILES string of the molecule is Cc1ccc(OCCN(C)c2ccc(-c3cnc(C)c(C)c3N3CCC(C)(C)CC3)nc2)cc1F. The van der Waals surface area contributed by atoms with Crippen molar-refractivity contribution < 1.29 is 9.13 Å². The number of ether oxygens (including phenoxy) is 1. The topological polar surface area (TPSA) is 41.5 Å². The fourth-order valence-corrected chi connectivity index (χ4v) is 4.49. The van der Waals surface area contributed by atoms with Gasteiger partial charge < -0.3 is 14.5 Å². The Balaban J connectivity index is 1.46. The minimum absolute atomic E-state index is 0.246. The quantitative estimate of drug-likeness (QED) is 0.397. The second kappa shape index (κ2) is 10.2. The van der Waals surface area contributed by atoms with Crippen molar-refractivity contribution in [3.05, 3.63) is 65.4 Å². The van der Waals surface area contributed by atoms with E-state index in [1.807, 2.05) is 19.4 Å². The maximum absolute atomic E-state index is 13.7. The van der Waals surface area contributed by atoms with Gasteiger partial charge in [-0.25, -0.2) is 4.39 Å². The Bertz CT molecular complexity index is 1170. The second-order valence-corrected chi connectivity index (χ2v) is 10.5. The summed E-state index contributed by atoms with van der Waals surface area (Å²) in [5.41, 5.74) is 7.61. The Morgan fingerprint density at radius 1 is 1.03 bits per heavy atom. The molecule has 1 aliphatic heterocycles. The molecule has 0 amide bonds. The summed E-state index contributed by atoms with van der Waals surface area (Å²) < 4.78 is 19.5. The summed E-state index contributed by atoms with van der Waals surface area (Å²) in [6.07, 6.45) is 6.24. The molecule has 0 spiro atoms. The minimum Gasteiger partial charge on any atom is -0.492 e. The van der Waals surface area contributed by atoms with Gasteiger partial charge in [0.05, 0.1) is 29.8 Å². The standard InChI is InChI=1S/C29H37FN4O/c1-20-7-9-24(17-26(20)30)35-16-15-33(6)23-8-10-27(32-18-23)25-19-31-22(3)21(2)28(25)34-13-11-29(4,5)12-14-34/h7-10,17-19H,11-16H2,1-6H3. The Morgan fingerprint density at radius 2 is 1.77 bits per heavy atom. The van der Waals surface area contributed by atoms with Crippen LogP contribution < -0.4 is 14.5 Å². The molecule has 2 aromatic heterocycles. The van der Waals surface area contributed by atoms with Gasteiger partial charge in [-0.05, 0) is 68.4 Å². The monoisotopic (exact) mass is 476 g/mol. The van der Waals surface area contributed by atoms with Gasteiger partial charge in [-0.1, -0.05) is 19.9 Å². The molecular formula is C29H37FN4O. The summed E-state index contributed by atoms with van der Waals surface area (Å²) in [6, 6.07) is 9.13. The second-order valence-electron chi connectivity index (χ2n) is 10.5. The maximum Gasteiger partial charge on any atom is 0.129 e. The molecule has 1 saturated heterocycles. The molecule has 1 fully saturated rings. The Hall–Kier alpha value is -3.15. The fourth-order valence-electron chi connectivity index (χ4n) is 4.49. The van der Waals surface area contributed by atoms with Crippen LogP contribution in [0.4, 0.5) is 15.8 Å². The number of pyridine rings is 2. The average Bonchev–Trinajstić information content (AvgIpc) is 2.83. The van der Waals surface area contributed by atoms with Gasteiger partial charge in [-0.3, -0.25) is 9.97 Å². The van der Waals surface area contributed by atoms with Gasteiger partial charge in [-0.2, -0.15) is 0 Å². The van der Waals surface area contributed by atoms with Crippen LogP contribution in [0.3, 0.4) is 0 Å². The van der Waals surface area contributed by atoms with Crippen LogP contribution >= 0.6 is 0 Å². The fraction of sp³-hybridized carbons (Fsp3) is 0.448. The number of benzene rings is 1. The lowest BCUT2D eigenvalue weighted by atomic mass is 9.82. The third-order valence-corrected chi connectivity index (χ3v) is 7.28. The number of rotatable bonds is 7. The third kappa shape index (κ3) is 5.75. The number of anilines is 2. The molecule has 0 unspecified atom stereocenters. The summed E-state index contributed by atoms with van der Waals surface area (Å²) in [6.45, 7) is 13.9. The van der Waals surface area contributed by atoms with Crippen molar-refractivity contribution in [1.82, 2.24) is 9.97 Å². The molecule has 6 heteroatoms. The molecule has 3 aromatic rings. The highest BCUT2D eigenvalue weighted by Crippen LogP contribution is 2.38. The number of piperidine rings is 1.